The first kappa shape index (κ1) is 14.5. The van der Waals surface area contributed by atoms with E-state index < -0.39 is 18.0 Å². The highest BCUT2D eigenvalue weighted by atomic mass is 35.5. The Labute approximate surface area is 110 Å². The number of carboxylic acid groups (broad SMARTS) is 1. The Hall–Kier alpha value is -1.59. The predicted molar refractivity (Wildman–Crippen MR) is 67.9 cm³/mol. The summed E-state index contributed by atoms with van der Waals surface area (Å²) < 4.78 is 4.86. The number of aliphatic carboxylic acids is 1. The zero-order valence-corrected chi connectivity index (χ0v) is 10.8. The van der Waals surface area contributed by atoms with Gasteiger partial charge in [-0.05, 0) is 31.5 Å². The van der Waals surface area contributed by atoms with E-state index in [1.165, 1.54) is 6.92 Å². The molecule has 0 aliphatic heterocycles. The molecule has 1 amide bonds. The van der Waals surface area contributed by atoms with E-state index >= 15 is 0 Å². The number of benzene rings is 1. The van der Waals surface area contributed by atoms with Gasteiger partial charge in [0.25, 0.3) is 0 Å². The van der Waals surface area contributed by atoms with Crippen molar-refractivity contribution >= 4 is 29.2 Å². The van der Waals surface area contributed by atoms with Crippen molar-refractivity contribution in [3.63, 3.8) is 0 Å². The molecule has 0 radical (unpaired) electrons. The number of rotatable bonds is 5. The van der Waals surface area contributed by atoms with Crippen LogP contribution in [0.1, 0.15) is 12.5 Å². The largest absolute Gasteiger partial charge is 0.479 e. The fraction of sp³-hybridized carbons (Fsp3) is 0.333. The third-order valence-electron chi connectivity index (χ3n) is 2.29. The molecule has 5 nitrogen and oxygen atoms in total. The van der Waals surface area contributed by atoms with Crippen molar-refractivity contribution in [2.45, 2.75) is 20.0 Å². The van der Waals surface area contributed by atoms with Crippen LogP contribution in [0.5, 0.6) is 0 Å². The van der Waals surface area contributed by atoms with E-state index in [-0.39, 0.29) is 6.61 Å². The maximum absolute atomic E-state index is 11.5. The van der Waals surface area contributed by atoms with Crippen molar-refractivity contribution in [1.82, 2.24) is 0 Å². The minimum absolute atomic E-state index is 0.320. The lowest BCUT2D eigenvalue weighted by Crippen LogP contribution is -2.26. The van der Waals surface area contributed by atoms with Gasteiger partial charge in [-0.3, -0.25) is 4.79 Å². The number of carbonyl (C=O) groups excluding carboxylic acids is 1. The second-order valence-corrected chi connectivity index (χ2v) is 4.24. The van der Waals surface area contributed by atoms with Gasteiger partial charge in [-0.25, -0.2) is 4.79 Å². The van der Waals surface area contributed by atoms with Crippen molar-refractivity contribution in [2.75, 3.05) is 11.9 Å². The van der Waals surface area contributed by atoms with Crippen LogP contribution in [0.15, 0.2) is 18.2 Å². The van der Waals surface area contributed by atoms with Crippen LogP contribution in [0.25, 0.3) is 0 Å². The molecule has 0 bridgehead atoms. The van der Waals surface area contributed by atoms with Crippen LogP contribution in [-0.4, -0.2) is 29.7 Å². The maximum atomic E-state index is 11.5. The van der Waals surface area contributed by atoms with Gasteiger partial charge in [-0.1, -0.05) is 17.7 Å². The average molecular weight is 272 g/mol. The Morgan fingerprint density at radius 1 is 1.50 bits per heavy atom. The zero-order chi connectivity index (χ0) is 13.7. The van der Waals surface area contributed by atoms with E-state index in [9.17, 15) is 9.59 Å². The topological polar surface area (TPSA) is 75.6 Å². The zero-order valence-electron chi connectivity index (χ0n) is 10.1. The molecule has 0 aliphatic rings. The Morgan fingerprint density at radius 3 is 2.78 bits per heavy atom. The highest BCUT2D eigenvalue weighted by Gasteiger charge is 2.13. The van der Waals surface area contributed by atoms with Crippen molar-refractivity contribution in [2.24, 2.45) is 0 Å². The van der Waals surface area contributed by atoms with Crippen LogP contribution in [0.2, 0.25) is 5.02 Å². The van der Waals surface area contributed by atoms with Crippen LogP contribution in [0, 0.1) is 6.92 Å². The van der Waals surface area contributed by atoms with Crippen LogP contribution in [0.3, 0.4) is 0 Å². The van der Waals surface area contributed by atoms with Gasteiger partial charge in [0.05, 0.1) is 0 Å². The molecule has 0 unspecified atom stereocenters. The lowest BCUT2D eigenvalue weighted by Gasteiger charge is -2.10. The molecular formula is C12H14ClNO4. The Balaban J connectivity index is 2.54. The van der Waals surface area contributed by atoms with Crippen LogP contribution in [0.4, 0.5) is 5.69 Å². The first-order valence-corrected chi connectivity index (χ1v) is 5.68. The summed E-state index contributed by atoms with van der Waals surface area (Å²) in [5.41, 5.74) is 1.44. The molecule has 0 heterocycles. The number of anilines is 1. The normalized spacial score (nSPS) is 11.9. The molecule has 18 heavy (non-hydrogen) atoms. The Kier molecular flexibility index (Phi) is 5.12. The molecule has 6 heteroatoms. The summed E-state index contributed by atoms with van der Waals surface area (Å²) in [7, 11) is 0. The van der Waals surface area contributed by atoms with Gasteiger partial charge >= 0.3 is 5.97 Å². The number of amides is 1. The van der Waals surface area contributed by atoms with E-state index in [4.69, 9.17) is 21.4 Å². The lowest BCUT2D eigenvalue weighted by molar-refractivity contribution is -0.150. The molecular weight excluding hydrogens is 258 g/mol. The minimum atomic E-state index is -1.11. The number of aryl methyl sites for hydroxylation is 1. The summed E-state index contributed by atoms with van der Waals surface area (Å²) in [5.74, 6) is -1.53. The van der Waals surface area contributed by atoms with Crippen LogP contribution in [-0.2, 0) is 14.3 Å². The molecule has 98 valence electrons. The van der Waals surface area contributed by atoms with Crippen LogP contribution < -0.4 is 5.32 Å². The Morgan fingerprint density at radius 2 is 2.17 bits per heavy atom. The number of carbonyl (C=O) groups is 2. The van der Waals surface area contributed by atoms with Gasteiger partial charge in [0.1, 0.15) is 6.61 Å². The highest BCUT2D eigenvalue weighted by Crippen LogP contribution is 2.19. The van der Waals surface area contributed by atoms with Gasteiger partial charge in [-0.2, -0.15) is 0 Å². The Bertz CT molecular complexity index is 461. The molecule has 1 aromatic carbocycles. The van der Waals surface area contributed by atoms with E-state index in [0.717, 1.165) is 5.56 Å². The molecule has 1 rings (SSSR count). The van der Waals surface area contributed by atoms with Crippen molar-refractivity contribution in [3.8, 4) is 0 Å². The molecule has 2 N–H and O–H groups in total. The average Bonchev–Trinajstić information content (AvgIpc) is 2.30. The molecule has 1 aromatic rings. The predicted octanol–water partition coefficient (Wildman–Crippen LogP) is 2.08. The minimum Gasteiger partial charge on any atom is -0.479 e. The summed E-state index contributed by atoms with van der Waals surface area (Å²) in [6, 6.07) is 5.11. The standard InChI is InChI=1S/C12H14ClNO4/c1-7-3-4-9(13)5-10(7)14-11(15)6-18-8(2)12(16)17/h3-5,8H,6H2,1-2H3,(H,14,15)(H,16,17)/t8-/m0/s1. The second kappa shape index (κ2) is 6.37. The quantitative estimate of drug-likeness (QED) is 0.860. The van der Waals surface area contributed by atoms with Crippen molar-refractivity contribution in [3.05, 3.63) is 28.8 Å². The number of nitrogens with one attached hydrogen (secondary N) is 1. The number of carboxylic acids is 1. The van der Waals surface area contributed by atoms with Crippen molar-refractivity contribution in [1.29, 1.82) is 0 Å². The molecule has 0 spiro atoms. The van der Waals surface area contributed by atoms with Gasteiger partial charge in [0.15, 0.2) is 6.10 Å². The number of hydrogen-bond acceptors (Lipinski definition) is 3. The molecule has 0 saturated heterocycles. The molecule has 1 atom stereocenters. The molecule has 0 aliphatic carbocycles. The SMILES string of the molecule is Cc1ccc(Cl)cc1NC(=O)CO[C@@H](C)C(=O)O. The van der Waals surface area contributed by atoms with E-state index in [1.807, 2.05) is 6.92 Å². The highest BCUT2D eigenvalue weighted by molar-refractivity contribution is 6.31. The maximum Gasteiger partial charge on any atom is 0.332 e. The summed E-state index contributed by atoms with van der Waals surface area (Å²) in [6.45, 7) is 2.87. The molecule has 0 aromatic heterocycles. The second-order valence-electron chi connectivity index (χ2n) is 3.80. The fourth-order valence-corrected chi connectivity index (χ4v) is 1.36. The first-order valence-electron chi connectivity index (χ1n) is 5.30. The van der Waals surface area contributed by atoms with Gasteiger partial charge in [0, 0.05) is 10.7 Å². The van der Waals surface area contributed by atoms with Gasteiger partial charge in [0.2, 0.25) is 5.91 Å². The number of hydrogen-bond donors (Lipinski definition) is 2. The first-order chi connectivity index (χ1) is 8.40. The monoisotopic (exact) mass is 271 g/mol. The molecule has 0 saturated carbocycles. The third-order valence-corrected chi connectivity index (χ3v) is 2.52. The van der Waals surface area contributed by atoms with Crippen molar-refractivity contribution < 1.29 is 19.4 Å². The fourth-order valence-electron chi connectivity index (χ4n) is 1.19. The van der Waals surface area contributed by atoms with E-state index in [0.29, 0.717) is 10.7 Å². The summed E-state index contributed by atoms with van der Waals surface area (Å²) in [4.78, 5) is 22.0. The molecule has 0 fully saturated rings. The van der Waals surface area contributed by atoms with E-state index in [1.54, 1.807) is 18.2 Å². The summed E-state index contributed by atoms with van der Waals surface area (Å²) >= 11 is 5.81. The summed E-state index contributed by atoms with van der Waals surface area (Å²) in [5, 5.41) is 11.7. The van der Waals surface area contributed by atoms with E-state index in [2.05, 4.69) is 5.32 Å². The summed E-state index contributed by atoms with van der Waals surface area (Å²) in [6.07, 6.45) is -1.02. The smallest absolute Gasteiger partial charge is 0.332 e. The van der Waals surface area contributed by atoms with Gasteiger partial charge < -0.3 is 15.2 Å². The number of halogens is 1. The van der Waals surface area contributed by atoms with Crippen LogP contribution >= 0.6 is 11.6 Å². The number of ether oxygens (including phenoxy) is 1. The lowest BCUT2D eigenvalue weighted by atomic mass is 10.2. The van der Waals surface area contributed by atoms with Gasteiger partial charge in [-0.15, -0.1) is 0 Å². The third kappa shape index (κ3) is 4.35.